The monoisotopic (exact) mass is 422 g/mol. The first-order valence-electron chi connectivity index (χ1n) is 9.67. The number of ether oxygens (including phenoxy) is 2. The van der Waals surface area contributed by atoms with Gasteiger partial charge in [0.15, 0.2) is 0 Å². The molecule has 1 aliphatic heterocycles. The van der Waals surface area contributed by atoms with Crippen molar-refractivity contribution in [3.63, 3.8) is 0 Å². The zero-order valence-corrected chi connectivity index (χ0v) is 17.6. The van der Waals surface area contributed by atoms with Crippen LogP contribution in [0.5, 0.6) is 17.2 Å². The minimum atomic E-state index is -0.348. The topological polar surface area (TPSA) is 63.1 Å². The highest BCUT2D eigenvalue weighted by Gasteiger charge is 2.29. The first-order chi connectivity index (χ1) is 14.6. The molecule has 0 saturated heterocycles. The molecule has 0 amide bonds. The van der Waals surface area contributed by atoms with Crippen molar-refractivity contribution in [1.29, 1.82) is 0 Å². The van der Waals surface area contributed by atoms with Crippen molar-refractivity contribution in [2.75, 3.05) is 14.2 Å². The molecule has 3 aromatic rings. The highest BCUT2D eigenvalue weighted by Crippen LogP contribution is 2.37. The number of nitrogens with zero attached hydrogens (tertiary/aromatic N) is 1. The number of phenols is 1. The molecular formula is C24H23ClN2O3. The third-order valence-corrected chi connectivity index (χ3v) is 5.48. The number of halogens is 1. The molecule has 154 valence electrons. The number of rotatable bonds is 5. The Morgan fingerprint density at radius 2 is 1.80 bits per heavy atom. The lowest BCUT2D eigenvalue weighted by Crippen LogP contribution is -2.33. The molecule has 6 heteroatoms. The van der Waals surface area contributed by atoms with E-state index in [1.54, 1.807) is 32.4 Å². The molecule has 0 aromatic heterocycles. The van der Waals surface area contributed by atoms with Crippen LogP contribution >= 0.6 is 11.6 Å². The van der Waals surface area contributed by atoms with Crippen LogP contribution in [0.4, 0.5) is 0 Å². The predicted octanol–water partition coefficient (Wildman–Crippen LogP) is 5.29. The summed E-state index contributed by atoms with van der Waals surface area (Å²) in [4.78, 5) is 4.99. The Bertz CT molecular complexity index is 1080. The van der Waals surface area contributed by atoms with Crippen LogP contribution in [0, 0.1) is 0 Å². The normalized spacial score (nSPS) is 18.6. The van der Waals surface area contributed by atoms with Gasteiger partial charge in [0.05, 0.1) is 14.2 Å². The van der Waals surface area contributed by atoms with Crippen LogP contribution in [0.1, 0.15) is 35.3 Å². The summed E-state index contributed by atoms with van der Waals surface area (Å²) in [6, 6.07) is 20.5. The van der Waals surface area contributed by atoms with Gasteiger partial charge in [-0.25, -0.2) is 0 Å². The van der Waals surface area contributed by atoms with Crippen LogP contribution < -0.4 is 14.8 Å². The molecule has 1 heterocycles. The largest absolute Gasteiger partial charge is 0.508 e. The summed E-state index contributed by atoms with van der Waals surface area (Å²) < 4.78 is 11.0. The Balaban J connectivity index is 1.81. The van der Waals surface area contributed by atoms with Crippen molar-refractivity contribution in [1.82, 2.24) is 5.32 Å². The standard InChI is InChI=1S/C24H23ClN2O3/c1-29-17-7-5-6-15(12-17)20-14-21(19-13-16(25)10-11-22(19)28)27-24(26-20)18-8-3-4-9-23(18)30-2/h3-13,21,24,27-28H,14H2,1-2H3/t21-,24-/m0/s1. The first kappa shape index (κ1) is 20.3. The van der Waals surface area contributed by atoms with Gasteiger partial charge in [0.25, 0.3) is 0 Å². The minimum absolute atomic E-state index is 0.183. The van der Waals surface area contributed by atoms with Gasteiger partial charge in [-0.15, -0.1) is 0 Å². The molecule has 0 bridgehead atoms. The average Bonchev–Trinajstić information content (AvgIpc) is 2.80. The number of nitrogens with one attached hydrogen (secondary N) is 1. The van der Waals surface area contributed by atoms with Gasteiger partial charge >= 0.3 is 0 Å². The number of para-hydroxylation sites is 1. The van der Waals surface area contributed by atoms with Crippen molar-refractivity contribution in [2.24, 2.45) is 4.99 Å². The van der Waals surface area contributed by atoms with Crippen LogP contribution in [0.15, 0.2) is 71.7 Å². The molecule has 5 nitrogen and oxygen atoms in total. The van der Waals surface area contributed by atoms with Gasteiger partial charge in [-0.2, -0.15) is 0 Å². The van der Waals surface area contributed by atoms with E-state index in [0.717, 1.165) is 33.9 Å². The number of hydrogen-bond acceptors (Lipinski definition) is 5. The summed E-state index contributed by atoms with van der Waals surface area (Å²) in [6.07, 6.45) is 0.242. The predicted molar refractivity (Wildman–Crippen MR) is 119 cm³/mol. The molecular weight excluding hydrogens is 400 g/mol. The number of phenolic OH excluding ortho intramolecular Hbond substituents is 1. The van der Waals surface area contributed by atoms with Crippen LogP contribution in [0.25, 0.3) is 0 Å². The van der Waals surface area contributed by atoms with Crippen LogP contribution in [-0.4, -0.2) is 25.0 Å². The molecule has 1 aliphatic rings. The second-order valence-corrected chi connectivity index (χ2v) is 7.52. The number of aromatic hydroxyl groups is 1. The highest BCUT2D eigenvalue weighted by atomic mass is 35.5. The lowest BCUT2D eigenvalue weighted by Gasteiger charge is -2.31. The molecule has 30 heavy (non-hydrogen) atoms. The SMILES string of the molecule is COc1cccc(C2=N[C@H](c3ccccc3OC)N[C@H](c3cc(Cl)ccc3O)C2)c1. The molecule has 0 spiro atoms. The number of aliphatic imine (C=N–C) groups is 1. The molecule has 2 atom stereocenters. The molecule has 4 rings (SSSR count). The second kappa shape index (κ2) is 8.78. The summed E-state index contributed by atoms with van der Waals surface area (Å²) in [5, 5.41) is 14.6. The highest BCUT2D eigenvalue weighted by molar-refractivity contribution is 6.30. The maximum atomic E-state index is 10.5. The smallest absolute Gasteiger partial charge is 0.129 e. The summed E-state index contributed by atoms with van der Waals surface area (Å²) in [6.45, 7) is 0. The van der Waals surface area contributed by atoms with E-state index in [1.807, 2.05) is 48.5 Å². The number of methoxy groups -OCH3 is 2. The third kappa shape index (κ3) is 4.13. The van der Waals surface area contributed by atoms with Crippen molar-refractivity contribution in [2.45, 2.75) is 18.6 Å². The third-order valence-electron chi connectivity index (χ3n) is 5.24. The van der Waals surface area contributed by atoms with E-state index in [1.165, 1.54) is 0 Å². The van der Waals surface area contributed by atoms with Crippen molar-refractivity contribution in [3.8, 4) is 17.2 Å². The average molecular weight is 423 g/mol. The van der Waals surface area contributed by atoms with Crippen LogP contribution in [0.3, 0.4) is 0 Å². The van der Waals surface area contributed by atoms with Crippen molar-refractivity contribution < 1.29 is 14.6 Å². The summed E-state index contributed by atoms with van der Waals surface area (Å²) in [5.74, 6) is 1.71. The van der Waals surface area contributed by atoms with Gasteiger partial charge < -0.3 is 14.6 Å². The zero-order chi connectivity index (χ0) is 21.1. The Morgan fingerprint density at radius 1 is 0.967 bits per heavy atom. The van der Waals surface area contributed by atoms with Gasteiger partial charge in [0.1, 0.15) is 23.4 Å². The Morgan fingerprint density at radius 3 is 2.60 bits per heavy atom. The van der Waals surface area contributed by atoms with Crippen LogP contribution in [0.2, 0.25) is 5.02 Å². The fourth-order valence-electron chi connectivity index (χ4n) is 3.74. The van der Waals surface area contributed by atoms with E-state index in [4.69, 9.17) is 26.1 Å². The molecule has 0 aliphatic carbocycles. The molecule has 0 unspecified atom stereocenters. The van der Waals surface area contributed by atoms with E-state index in [0.29, 0.717) is 11.4 Å². The Labute approximate surface area is 180 Å². The molecule has 0 saturated carbocycles. The van der Waals surface area contributed by atoms with E-state index in [-0.39, 0.29) is 18.0 Å². The maximum Gasteiger partial charge on any atom is 0.129 e. The molecule has 2 N–H and O–H groups in total. The van der Waals surface area contributed by atoms with Crippen LogP contribution in [-0.2, 0) is 0 Å². The first-order valence-corrected chi connectivity index (χ1v) is 10.1. The second-order valence-electron chi connectivity index (χ2n) is 7.08. The van der Waals surface area contributed by atoms with Gasteiger partial charge in [0.2, 0.25) is 0 Å². The van der Waals surface area contributed by atoms with Crippen molar-refractivity contribution in [3.05, 3.63) is 88.4 Å². The van der Waals surface area contributed by atoms with Crippen molar-refractivity contribution >= 4 is 17.3 Å². The Hall–Kier alpha value is -3.02. The number of benzene rings is 3. The summed E-state index contributed by atoms with van der Waals surface area (Å²) in [5.41, 5.74) is 3.54. The van der Waals surface area contributed by atoms with Gasteiger partial charge in [-0.05, 0) is 42.0 Å². The Kier molecular flexibility index (Phi) is 5.93. The zero-order valence-electron chi connectivity index (χ0n) is 16.8. The fraction of sp³-hybridized carbons (Fsp3) is 0.208. The quantitative estimate of drug-likeness (QED) is 0.586. The molecule has 3 aromatic carbocycles. The molecule has 0 radical (unpaired) electrons. The summed E-state index contributed by atoms with van der Waals surface area (Å²) in [7, 11) is 3.29. The molecule has 0 fully saturated rings. The minimum Gasteiger partial charge on any atom is -0.508 e. The lowest BCUT2D eigenvalue weighted by atomic mass is 9.93. The van der Waals surface area contributed by atoms with E-state index in [9.17, 15) is 5.11 Å². The number of hydrogen-bond donors (Lipinski definition) is 2. The lowest BCUT2D eigenvalue weighted by molar-refractivity contribution is 0.381. The van der Waals surface area contributed by atoms with E-state index in [2.05, 4.69) is 5.32 Å². The maximum absolute atomic E-state index is 10.5. The summed E-state index contributed by atoms with van der Waals surface area (Å²) >= 11 is 6.22. The van der Waals surface area contributed by atoms with Gasteiger partial charge in [-0.3, -0.25) is 10.3 Å². The fourth-order valence-corrected chi connectivity index (χ4v) is 3.92. The van der Waals surface area contributed by atoms with Gasteiger partial charge in [-0.1, -0.05) is 41.9 Å². The van der Waals surface area contributed by atoms with E-state index >= 15 is 0 Å². The van der Waals surface area contributed by atoms with E-state index < -0.39 is 0 Å². The van der Waals surface area contributed by atoms with Gasteiger partial charge in [0, 0.05) is 34.3 Å².